The first-order chi connectivity index (χ1) is 9.49. The van der Waals surface area contributed by atoms with Crippen molar-refractivity contribution in [3.63, 3.8) is 0 Å². The molecule has 1 heterocycles. The number of aliphatic hydroxyl groups is 1. The van der Waals surface area contributed by atoms with Crippen LogP contribution >= 0.6 is 22.9 Å². The van der Waals surface area contributed by atoms with Crippen LogP contribution in [-0.4, -0.2) is 19.3 Å². The lowest BCUT2D eigenvalue weighted by Gasteiger charge is -2.16. The zero-order chi connectivity index (χ0) is 14.9. The highest BCUT2D eigenvalue weighted by Gasteiger charge is 2.22. The summed E-state index contributed by atoms with van der Waals surface area (Å²) in [6.07, 6.45) is -0.759. The Morgan fingerprint density at radius 3 is 2.40 bits per heavy atom. The smallest absolute Gasteiger partial charge is 0.147 e. The fourth-order valence-electron chi connectivity index (χ4n) is 2.02. The van der Waals surface area contributed by atoms with E-state index >= 15 is 0 Å². The lowest BCUT2D eigenvalue weighted by atomic mass is 10.1. The molecule has 1 unspecified atom stereocenters. The summed E-state index contributed by atoms with van der Waals surface area (Å²) in [6.45, 7) is 4.06. The van der Waals surface area contributed by atoms with Crippen LogP contribution in [0.2, 0.25) is 5.02 Å². The number of hydrogen-bond acceptors (Lipinski definition) is 4. The molecule has 3 nitrogen and oxygen atoms in total. The second-order valence-corrected chi connectivity index (χ2v) is 6.16. The lowest BCUT2D eigenvalue weighted by Crippen LogP contribution is -2.02. The first-order valence-electron chi connectivity index (χ1n) is 6.15. The van der Waals surface area contributed by atoms with Gasteiger partial charge in [-0.2, -0.15) is 0 Å². The van der Waals surface area contributed by atoms with Crippen LogP contribution in [0.25, 0.3) is 0 Å². The van der Waals surface area contributed by atoms with E-state index in [1.165, 1.54) is 17.6 Å². The van der Waals surface area contributed by atoms with Gasteiger partial charge in [0.25, 0.3) is 0 Å². The third-order valence-corrected chi connectivity index (χ3v) is 4.83. The molecule has 20 heavy (non-hydrogen) atoms. The minimum atomic E-state index is -0.759. The molecule has 1 aromatic heterocycles. The Bertz CT molecular complexity index is 602. The number of aryl methyl sites for hydroxylation is 2. The van der Waals surface area contributed by atoms with E-state index in [1.807, 2.05) is 19.9 Å². The van der Waals surface area contributed by atoms with Crippen LogP contribution in [-0.2, 0) is 0 Å². The zero-order valence-electron chi connectivity index (χ0n) is 11.9. The van der Waals surface area contributed by atoms with Crippen molar-refractivity contribution >= 4 is 22.9 Å². The minimum absolute atomic E-state index is 0.372. The van der Waals surface area contributed by atoms with Gasteiger partial charge in [0.15, 0.2) is 0 Å². The molecular weight excluding hydrogens is 296 g/mol. The molecule has 5 heteroatoms. The standard InChI is InChI=1S/C15H17ClO3S/c1-8-7-12(20-9(8)2)14(17)10-5-6-11(18-3)13(16)15(10)19-4/h5-7,14,17H,1-4H3. The molecule has 0 aliphatic carbocycles. The molecule has 0 aliphatic rings. The number of rotatable bonds is 4. The van der Waals surface area contributed by atoms with Gasteiger partial charge in [-0.25, -0.2) is 0 Å². The Labute approximate surface area is 127 Å². The Morgan fingerprint density at radius 2 is 1.90 bits per heavy atom. The summed E-state index contributed by atoms with van der Waals surface area (Å²) in [5, 5.41) is 10.9. The summed E-state index contributed by atoms with van der Waals surface area (Å²) in [5.41, 5.74) is 1.81. The summed E-state index contributed by atoms with van der Waals surface area (Å²) in [4.78, 5) is 2.07. The largest absolute Gasteiger partial charge is 0.495 e. The van der Waals surface area contributed by atoms with Gasteiger partial charge >= 0.3 is 0 Å². The van der Waals surface area contributed by atoms with Crippen molar-refractivity contribution in [2.75, 3.05) is 14.2 Å². The molecule has 0 radical (unpaired) electrons. The summed E-state index contributed by atoms with van der Waals surface area (Å²) in [6, 6.07) is 5.50. The van der Waals surface area contributed by atoms with Crippen molar-refractivity contribution in [1.82, 2.24) is 0 Å². The van der Waals surface area contributed by atoms with E-state index in [0.717, 1.165) is 4.88 Å². The van der Waals surface area contributed by atoms with Crippen molar-refractivity contribution in [2.45, 2.75) is 20.0 Å². The molecule has 2 rings (SSSR count). The lowest BCUT2D eigenvalue weighted by molar-refractivity contribution is 0.218. The number of methoxy groups -OCH3 is 2. The van der Waals surface area contributed by atoms with E-state index < -0.39 is 6.10 Å². The van der Waals surface area contributed by atoms with Gasteiger partial charge in [0, 0.05) is 15.3 Å². The number of halogens is 1. The van der Waals surface area contributed by atoms with Crippen LogP contribution in [0.5, 0.6) is 11.5 Å². The Balaban J connectivity index is 2.49. The van der Waals surface area contributed by atoms with E-state index in [1.54, 1.807) is 30.6 Å². The second kappa shape index (κ2) is 6.04. The van der Waals surface area contributed by atoms with Crippen molar-refractivity contribution in [1.29, 1.82) is 0 Å². The highest BCUT2D eigenvalue weighted by atomic mass is 35.5. The van der Waals surface area contributed by atoms with Crippen LogP contribution in [0.3, 0.4) is 0 Å². The molecule has 2 aromatic rings. The van der Waals surface area contributed by atoms with Crippen LogP contribution in [0.4, 0.5) is 0 Å². The van der Waals surface area contributed by atoms with Crippen LogP contribution in [0.1, 0.15) is 27.0 Å². The molecule has 1 aromatic carbocycles. The van der Waals surface area contributed by atoms with Crippen LogP contribution in [0, 0.1) is 13.8 Å². The van der Waals surface area contributed by atoms with E-state index in [9.17, 15) is 5.11 Å². The number of benzene rings is 1. The average molecular weight is 313 g/mol. The molecule has 108 valence electrons. The molecule has 0 spiro atoms. The first kappa shape index (κ1) is 15.2. The fraction of sp³-hybridized carbons (Fsp3) is 0.333. The Hall–Kier alpha value is -1.23. The van der Waals surface area contributed by atoms with Gasteiger partial charge in [-0.3, -0.25) is 0 Å². The summed E-state index contributed by atoms with van der Waals surface area (Å²) < 4.78 is 10.5. The van der Waals surface area contributed by atoms with E-state index in [0.29, 0.717) is 22.1 Å². The van der Waals surface area contributed by atoms with Gasteiger partial charge in [0.2, 0.25) is 0 Å². The molecule has 0 saturated carbocycles. The first-order valence-corrected chi connectivity index (χ1v) is 7.34. The second-order valence-electron chi connectivity index (χ2n) is 4.49. The molecule has 1 atom stereocenters. The van der Waals surface area contributed by atoms with Crippen LogP contribution in [0.15, 0.2) is 18.2 Å². The van der Waals surface area contributed by atoms with Crippen molar-refractivity contribution in [2.24, 2.45) is 0 Å². The normalized spacial score (nSPS) is 12.3. The molecule has 0 aliphatic heterocycles. The highest BCUT2D eigenvalue weighted by molar-refractivity contribution is 7.12. The predicted octanol–water partition coefficient (Wildman–Crippen LogP) is 4.12. The molecule has 0 bridgehead atoms. The van der Waals surface area contributed by atoms with Crippen molar-refractivity contribution in [3.8, 4) is 11.5 Å². The molecule has 1 N–H and O–H groups in total. The maximum absolute atomic E-state index is 10.6. The summed E-state index contributed by atoms with van der Waals surface area (Å²) in [5.74, 6) is 0.972. The van der Waals surface area contributed by atoms with Gasteiger partial charge in [-0.1, -0.05) is 11.6 Å². The zero-order valence-corrected chi connectivity index (χ0v) is 13.4. The molecule has 0 fully saturated rings. The van der Waals surface area contributed by atoms with Gasteiger partial charge in [-0.05, 0) is 37.6 Å². The van der Waals surface area contributed by atoms with Crippen molar-refractivity contribution < 1.29 is 14.6 Å². The fourth-order valence-corrected chi connectivity index (χ4v) is 3.40. The quantitative estimate of drug-likeness (QED) is 0.923. The van der Waals surface area contributed by atoms with Gasteiger partial charge < -0.3 is 14.6 Å². The van der Waals surface area contributed by atoms with Gasteiger partial charge in [0.1, 0.15) is 22.6 Å². The Kier molecular flexibility index (Phi) is 4.58. The highest BCUT2D eigenvalue weighted by Crippen LogP contribution is 2.42. The molecule has 0 amide bonds. The van der Waals surface area contributed by atoms with Gasteiger partial charge in [0.05, 0.1) is 14.2 Å². The van der Waals surface area contributed by atoms with E-state index in [-0.39, 0.29) is 0 Å². The molecule has 0 saturated heterocycles. The van der Waals surface area contributed by atoms with E-state index in [2.05, 4.69) is 0 Å². The number of thiophene rings is 1. The number of aliphatic hydroxyl groups excluding tert-OH is 1. The van der Waals surface area contributed by atoms with Crippen molar-refractivity contribution in [3.05, 3.63) is 44.1 Å². The SMILES string of the molecule is COc1ccc(C(O)c2cc(C)c(C)s2)c(OC)c1Cl. The van der Waals surface area contributed by atoms with Crippen LogP contribution < -0.4 is 9.47 Å². The number of ether oxygens (including phenoxy) is 2. The minimum Gasteiger partial charge on any atom is -0.495 e. The molecular formula is C15H17ClO3S. The Morgan fingerprint density at radius 1 is 1.20 bits per heavy atom. The predicted molar refractivity (Wildman–Crippen MR) is 82.4 cm³/mol. The monoisotopic (exact) mass is 312 g/mol. The topological polar surface area (TPSA) is 38.7 Å². The maximum atomic E-state index is 10.6. The van der Waals surface area contributed by atoms with E-state index in [4.69, 9.17) is 21.1 Å². The summed E-state index contributed by atoms with van der Waals surface area (Å²) >= 11 is 7.80. The third kappa shape index (κ3) is 2.64. The summed E-state index contributed by atoms with van der Waals surface area (Å²) in [7, 11) is 3.07. The number of hydrogen-bond donors (Lipinski definition) is 1. The average Bonchev–Trinajstić information content (AvgIpc) is 2.77. The maximum Gasteiger partial charge on any atom is 0.147 e. The van der Waals surface area contributed by atoms with Gasteiger partial charge in [-0.15, -0.1) is 11.3 Å². The third-order valence-electron chi connectivity index (χ3n) is 3.27.